The molecule has 1 saturated heterocycles. The maximum Gasteiger partial charge on any atom is 0.263 e. The second-order valence-corrected chi connectivity index (χ2v) is 5.98. The predicted octanol–water partition coefficient (Wildman–Crippen LogP) is 0.405. The van der Waals surface area contributed by atoms with Gasteiger partial charge in [-0.25, -0.2) is 13.4 Å². The average Bonchev–Trinajstić information content (AvgIpc) is 2.86. The number of sulfonamides is 1. The zero-order chi connectivity index (χ0) is 12.6. The molecular formula is C10H14N4O2S. The molecule has 0 aromatic carbocycles. The summed E-state index contributed by atoms with van der Waals surface area (Å²) in [6.45, 7) is 2.14. The van der Waals surface area contributed by atoms with E-state index in [1.807, 2.05) is 6.07 Å². The highest BCUT2D eigenvalue weighted by molar-refractivity contribution is 7.89. The van der Waals surface area contributed by atoms with Crippen LogP contribution in [0.5, 0.6) is 0 Å². The lowest BCUT2D eigenvalue weighted by molar-refractivity contribution is 0.435. The molecular weight excluding hydrogens is 240 g/mol. The minimum atomic E-state index is -3.62. The topological polar surface area (TPSA) is 79.0 Å². The van der Waals surface area contributed by atoms with Crippen molar-refractivity contribution >= 4 is 10.0 Å². The number of imidazole rings is 1. The molecule has 0 aliphatic carbocycles. The molecule has 2 heterocycles. The monoisotopic (exact) mass is 254 g/mol. The van der Waals surface area contributed by atoms with Crippen LogP contribution in [0.15, 0.2) is 11.2 Å². The van der Waals surface area contributed by atoms with E-state index in [0.29, 0.717) is 18.8 Å². The van der Waals surface area contributed by atoms with Crippen LogP contribution >= 0.6 is 0 Å². The predicted molar refractivity (Wildman–Crippen MR) is 60.5 cm³/mol. The van der Waals surface area contributed by atoms with Crippen molar-refractivity contribution in [3.8, 4) is 6.07 Å². The van der Waals surface area contributed by atoms with Crippen LogP contribution in [0.4, 0.5) is 0 Å². The molecule has 0 spiro atoms. The van der Waals surface area contributed by atoms with Gasteiger partial charge in [0.15, 0.2) is 5.03 Å². The number of aryl methyl sites for hydroxylation is 2. The summed E-state index contributed by atoms with van der Waals surface area (Å²) in [6, 6.07) is 1.47. The van der Waals surface area contributed by atoms with Crippen LogP contribution in [0.25, 0.3) is 0 Å². The van der Waals surface area contributed by atoms with E-state index < -0.39 is 16.1 Å². The maximum absolute atomic E-state index is 12.3. The molecule has 1 aliphatic heterocycles. The van der Waals surface area contributed by atoms with Gasteiger partial charge in [-0.2, -0.15) is 9.57 Å². The Bertz CT molecular complexity index is 550. The lowest BCUT2D eigenvalue weighted by atomic mass is 10.2. The van der Waals surface area contributed by atoms with E-state index in [1.54, 1.807) is 18.5 Å². The van der Waals surface area contributed by atoms with Crippen molar-refractivity contribution in [2.24, 2.45) is 7.05 Å². The van der Waals surface area contributed by atoms with E-state index in [4.69, 9.17) is 5.26 Å². The van der Waals surface area contributed by atoms with E-state index in [9.17, 15) is 8.42 Å². The molecule has 1 aliphatic rings. The Hall–Kier alpha value is -1.39. The van der Waals surface area contributed by atoms with Crippen LogP contribution < -0.4 is 0 Å². The van der Waals surface area contributed by atoms with E-state index in [2.05, 4.69) is 4.98 Å². The summed E-state index contributed by atoms with van der Waals surface area (Å²) >= 11 is 0. The summed E-state index contributed by atoms with van der Waals surface area (Å²) in [4.78, 5) is 4.02. The number of rotatable bonds is 2. The van der Waals surface area contributed by atoms with Crippen molar-refractivity contribution in [2.45, 2.75) is 30.8 Å². The first kappa shape index (κ1) is 12.1. The molecule has 1 unspecified atom stereocenters. The molecule has 1 aromatic heterocycles. The SMILES string of the molecule is Cc1nc(S(=O)(=O)N2CCCC2C#N)cn1C. The van der Waals surface area contributed by atoms with E-state index in [-0.39, 0.29) is 5.03 Å². The molecule has 0 radical (unpaired) electrons. The lowest BCUT2D eigenvalue weighted by Gasteiger charge is -2.17. The summed E-state index contributed by atoms with van der Waals surface area (Å²) in [7, 11) is -1.88. The third-order valence-corrected chi connectivity index (χ3v) is 4.79. The normalized spacial score (nSPS) is 21.6. The van der Waals surface area contributed by atoms with Crippen molar-refractivity contribution in [1.82, 2.24) is 13.9 Å². The highest BCUT2D eigenvalue weighted by atomic mass is 32.2. The summed E-state index contributed by atoms with van der Waals surface area (Å²) < 4.78 is 27.4. The fourth-order valence-electron chi connectivity index (χ4n) is 1.93. The van der Waals surface area contributed by atoms with Crippen molar-refractivity contribution in [3.05, 3.63) is 12.0 Å². The Balaban J connectivity index is 2.40. The van der Waals surface area contributed by atoms with Crippen molar-refractivity contribution in [2.75, 3.05) is 6.54 Å². The molecule has 1 aromatic rings. The Morgan fingerprint density at radius 2 is 2.29 bits per heavy atom. The van der Waals surface area contributed by atoms with Crippen LogP contribution in [0.2, 0.25) is 0 Å². The lowest BCUT2D eigenvalue weighted by Crippen LogP contribution is -2.34. The van der Waals surface area contributed by atoms with Crippen LogP contribution in [0, 0.1) is 18.3 Å². The zero-order valence-corrected chi connectivity index (χ0v) is 10.6. The van der Waals surface area contributed by atoms with Gasteiger partial charge in [0.05, 0.1) is 6.07 Å². The van der Waals surface area contributed by atoms with Gasteiger partial charge in [0, 0.05) is 19.8 Å². The first-order chi connectivity index (χ1) is 7.96. The third-order valence-electron chi connectivity index (χ3n) is 3.01. The van der Waals surface area contributed by atoms with Crippen molar-refractivity contribution in [3.63, 3.8) is 0 Å². The fraction of sp³-hybridized carbons (Fsp3) is 0.600. The Kier molecular flexibility index (Phi) is 2.93. The molecule has 17 heavy (non-hydrogen) atoms. The van der Waals surface area contributed by atoms with Gasteiger partial charge >= 0.3 is 0 Å². The van der Waals surface area contributed by atoms with Crippen molar-refractivity contribution < 1.29 is 8.42 Å². The molecule has 6 nitrogen and oxygen atoms in total. The molecule has 0 N–H and O–H groups in total. The van der Waals surface area contributed by atoms with Crippen molar-refractivity contribution in [1.29, 1.82) is 5.26 Å². The van der Waals surface area contributed by atoms with Crippen LogP contribution in [0.3, 0.4) is 0 Å². The molecule has 1 fully saturated rings. The van der Waals surface area contributed by atoms with E-state index in [1.165, 1.54) is 10.5 Å². The molecule has 2 rings (SSSR count). The smallest absolute Gasteiger partial charge is 0.263 e. The Morgan fingerprint density at radius 1 is 1.59 bits per heavy atom. The zero-order valence-electron chi connectivity index (χ0n) is 9.79. The molecule has 1 atom stereocenters. The first-order valence-electron chi connectivity index (χ1n) is 5.38. The van der Waals surface area contributed by atoms with Gasteiger partial charge < -0.3 is 4.57 Å². The molecule has 7 heteroatoms. The summed E-state index contributed by atoms with van der Waals surface area (Å²) in [5.74, 6) is 0.635. The molecule has 92 valence electrons. The largest absolute Gasteiger partial charge is 0.337 e. The molecule has 0 saturated carbocycles. The van der Waals surface area contributed by atoms with Gasteiger partial charge in [0.2, 0.25) is 0 Å². The van der Waals surface area contributed by atoms with E-state index in [0.717, 1.165) is 6.42 Å². The molecule has 0 amide bonds. The average molecular weight is 254 g/mol. The first-order valence-corrected chi connectivity index (χ1v) is 6.82. The number of hydrogen-bond acceptors (Lipinski definition) is 4. The fourth-order valence-corrected chi connectivity index (χ4v) is 3.56. The Morgan fingerprint density at radius 3 is 2.82 bits per heavy atom. The summed E-state index contributed by atoms with van der Waals surface area (Å²) in [5.41, 5.74) is 0. The standard InChI is InChI=1S/C10H14N4O2S/c1-8-12-10(7-13(8)2)17(15,16)14-5-3-4-9(14)6-11/h7,9H,3-5H2,1-2H3. The van der Waals surface area contributed by atoms with Crippen LogP contribution in [-0.2, 0) is 17.1 Å². The van der Waals surface area contributed by atoms with Gasteiger partial charge in [-0.05, 0) is 19.8 Å². The van der Waals surface area contributed by atoms with Gasteiger partial charge in [-0.15, -0.1) is 0 Å². The van der Waals surface area contributed by atoms with E-state index >= 15 is 0 Å². The number of hydrogen-bond donors (Lipinski definition) is 0. The minimum Gasteiger partial charge on any atom is -0.337 e. The number of nitrogens with zero attached hydrogens (tertiary/aromatic N) is 4. The van der Waals surface area contributed by atoms with Gasteiger partial charge in [0.1, 0.15) is 11.9 Å². The summed E-state index contributed by atoms with van der Waals surface area (Å²) in [5, 5.41) is 8.95. The molecule has 0 bridgehead atoms. The second-order valence-electron chi connectivity index (χ2n) is 4.14. The summed E-state index contributed by atoms with van der Waals surface area (Å²) in [6.07, 6.45) is 2.81. The van der Waals surface area contributed by atoms with Crippen LogP contribution in [0.1, 0.15) is 18.7 Å². The highest BCUT2D eigenvalue weighted by Crippen LogP contribution is 2.24. The third kappa shape index (κ3) is 1.94. The Labute approximate surface area is 101 Å². The number of nitriles is 1. The van der Waals surface area contributed by atoms with Gasteiger partial charge in [0.25, 0.3) is 10.0 Å². The maximum atomic E-state index is 12.3. The second kappa shape index (κ2) is 4.13. The quantitative estimate of drug-likeness (QED) is 0.765. The number of aromatic nitrogens is 2. The minimum absolute atomic E-state index is 0.0275. The van der Waals surface area contributed by atoms with Gasteiger partial charge in [-0.3, -0.25) is 0 Å². The van der Waals surface area contributed by atoms with Gasteiger partial charge in [-0.1, -0.05) is 0 Å². The van der Waals surface area contributed by atoms with Crippen LogP contribution in [-0.4, -0.2) is 34.9 Å². The highest BCUT2D eigenvalue weighted by Gasteiger charge is 2.36.